The Balaban J connectivity index is 0.00000128. The van der Waals surface area contributed by atoms with E-state index in [9.17, 15) is 0 Å². The molecule has 1 nitrogen and oxygen atoms in total. The van der Waals surface area contributed by atoms with Crippen molar-refractivity contribution in [1.82, 2.24) is 0 Å². The van der Waals surface area contributed by atoms with Crippen molar-refractivity contribution in [3.63, 3.8) is 0 Å². The Hall–Kier alpha value is -0.260. The largest absolute Gasteiger partial charge is 1.00 e. The summed E-state index contributed by atoms with van der Waals surface area (Å²) in [4.78, 5) is 0. The molecule has 3 heteroatoms. The van der Waals surface area contributed by atoms with Crippen LogP contribution >= 0.6 is 21.0 Å². The van der Waals surface area contributed by atoms with E-state index >= 15 is 0 Å². The molecule has 0 saturated carbocycles. The van der Waals surface area contributed by atoms with E-state index in [-0.39, 0.29) is 38.0 Å². The quantitative estimate of drug-likeness (QED) is 0.499. The fourth-order valence-corrected chi connectivity index (χ4v) is 3.67. The first kappa shape index (κ1) is 13.8. The van der Waals surface area contributed by atoms with E-state index in [2.05, 4.69) is 59.6 Å². The van der Waals surface area contributed by atoms with E-state index in [0.29, 0.717) is 0 Å². The van der Waals surface area contributed by atoms with Crippen molar-refractivity contribution in [3.05, 3.63) is 59.8 Å². The van der Waals surface area contributed by atoms with E-state index < -0.39 is 0 Å². The van der Waals surface area contributed by atoms with Crippen molar-refractivity contribution in [2.75, 3.05) is 0 Å². The van der Waals surface area contributed by atoms with E-state index in [1.807, 2.05) is 0 Å². The van der Waals surface area contributed by atoms with Crippen LogP contribution in [0, 0.1) is 0 Å². The molecule has 0 aliphatic carbocycles. The summed E-state index contributed by atoms with van der Waals surface area (Å²) in [5, 5.41) is 0. The lowest BCUT2D eigenvalue weighted by molar-refractivity contribution is -0.661. The molecule has 86 valence electrons. The number of nitrogens with one attached hydrogen (secondary N) is 1. The molecule has 1 atom stereocenters. The fourth-order valence-electron chi connectivity index (χ4n) is 1.41. The second-order valence-electron chi connectivity index (χ2n) is 3.59. The Morgan fingerprint density at radius 2 is 1.94 bits per heavy atom. The monoisotopic (exact) mass is 391 g/mol. The molecule has 1 aromatic carbocycles. The van der Waals surface area contributed by atoms with Gasteiger partial charge >= 0.3 is 0 Å². The summed E-state index contributed by atoms with van der Waals surface area (Å²) in [7, 11) is 0. The van der Waals surface area contributed by atoms with E-state index in [1.54, 1.807) is 3.11 Å². The molecule has 0 aromatic heterocycles. The molecular formula is C13H15BrIN. The molecule has 1 heterocycles. The van der Waals surface area contributed by atoms with Crippen molar-refractivity contribution in [3.8, 4) is 0 Å². The summed E-state index contributed by atoms with van der Waals surface area (Å²) in [5.74, 6) is 0. The SMILES string of the molecule is CC1=CC=I[NH+](Cc2ccccc2)C=C1.[Br-]. The highest BCUT2D eigenvalue weighted by Gasteiger charge is 2.04. The second kappa shape index (κ2) is 7.14. The number of halogens is 2. The van der Waals surface area contributed by atoms with Crippen LogP contribution in [0.15, 0.2) is 54.3 Å². The van der Waals surface area contributed by atoms with Crippen LogP contribution in [-0.2, 0) is 6.54 Å². The number of hydrogen-bond acceptors (Lipinski definition) is 0. The predicted molar refractivity (Wildman–Crippen MR) is 74.1 cm³/mol. The Morgan fingerprint density at radius 3 is 2.69 bits per heavy atom. The molecule has 1 aliphatic rings. The number of allylic oxidation sites excluding steroid dienone is 3. The molecular weight excluding hydrogens is 377 g/mol. The summed E-state index contributed by atoms with van der Waals surface area (Å²) in [6.45, 7) is 3.27. The van der Waals surface area contributed by atoms with Gasteiger partial charge in [0.2, 0.25) is 0 Å². The first-order chi connectivity index (χ1) is 7.34. The maximum absolute atomic E-state index is 2.35. The van der Waals surface area contributed by atoms with Gasteiger partial charge in [0.1, 0.15) is 12.7 Å². The summed E-state index contributed by atoms with van der Waals surface area (Å²) in [6.07, 6.45) is 6.76. The van der Waals surface area contributed by atoms with Crippen LogP contribution in [0.1, 0.15) is 12.5 Å². The lowest BCUT2D eigenvalue weighted by atomic mass is 10.2. The molecule has 1 unspecified atom stereocenters. The minimum absolute atomic E-state index is 0. The van der Waals surface area contributed by atoms with Gasteiger partial charge in [0.25, 0.3) is 0 Å². The molecule has 16 heavy (non-hydrogen) atoms. The van der Waals surface area contributed by atoms with Crippen molar-refractivity contribution in [2.45, 2.75) is 13.5 Å². The summed E-state index contributed by atoms with van der Waals surface area (Å²) in [6, 6.07) is 10.7. The van der Waals surface area contributed by atoms with Gasteiger partial charge in [-0.3, -0.25) is 3.11 Å². The Kier molecular flexibility index (Phi) is 6.16. The number of benzene rings is 1. The van der Waals surface area contributed by atoms with Gasteiger partial charge in [-0.2, -0.15) is 0 Å². The van der Waals surface area contributed by atoms with Crippen LogP contribution < -0.4 is 20.1 Å². The van der Waals surface area contributed by atoms with Crippen LogP contribution in [-0.4, -0.2) is 4.01 Å². The number of hydrogen-bond donors (Lipinski definition) is 1. The van der Waals surface area contributed by atoms with Gasteiger partial charge in [-0.25, -0.2) is 0 Å². The summed E-state index contributed by atoms with van der Waals surface area (Å²) in [5.41, 5.74) is 2.78. The fraction of sp³-hybridized carbons (Fsp3) is 0.154. The highest BCUT2D eigenvalue weighted by atomic mass is 127. The van der Waals surface area contributed by atoms with Crippen LogP contribution in [0.2, 0.25) is 0 Å². The molecule has 1 N–H and O–H groups in total. The van der Waals surface area contributed by atoms with Crippen molar-refractivity contribution >= 4 is 25.0 Å². The molecule has 0 saturated heterocycles. The number of quaternary nitrogens is 1. The summed E-state index contributed by atoms with van der Waals surface area (Å²) >= 11 is 0.0968. The van der Waals surface area contributed by atoms with Gasteiger partial charge in [-0.1, -0.05) is 30.3 Å². The van der Waals surface area contributed by atoms with Gasteiger partial charge in [0.15, 0.2) is 21.0 Å². The third kappa shape index (κ3) is 4.31. The predicted octanol–water partition coefficient (Wildman–Crippen LogP) is -0.763. The Labute approximate surface area is 118 Å². The molecule has 0 radical (unpaired) electrons. The van der Waals surface area contributed by atoms with Gasteiger partial charge in [0.05, 0.1) is 0 Å². The minimum Gasteiger partial charge on any atom is -1.00 e. The van der Waals surface area contributed by atoms with Crippen LogP contribution in [0.4, 0.5) is 0 Å². The average Bonchev–Trinajstić information content (AvgIpc) is 2.46. The van der Waals surface area contributed by atoms with Crippen molar-refractivity contribution < 1.29 is 20.1 Å². The first-order valence-electron chi connectivity index (χ1n) is 5.06. The van der Waals surface area contributed by atoms with Crippen LogP contribution in [0.25, 0.3) is 0 Å². The highest BCUT2D eigenvalue weighted by molar-refractivity contribution is 14.1. The van der Waals surface area contributed by atoms with E-state index in [0.717, 1.165) is 6.54 Å². The normalized spacial score (nSPS) is 19.1. The highest BCUT2D eigenvalue weighted by Crippen LogP contribution is 2.00. The maximum Gasteiger partial charge on any atom is 0.151 e. The molecule has 1 aliphatic heterocycles. The van der Waals surface area contributed by atoms with Crippen LogP contribution in [0.5, 0.6) is 0 Å². The zero-order valence-corrected chi connectivity index (χ0v) is 12.9. The lowest BCUT2D eigenvalue weighted by Gasteiger charge is -2.06. The molecule has 0 fully saturated rings. The topological polar surface area (TPSA) is 4.44 Å². The minimum atomic E-state index is 0. The molecule has 0 bridgehead atoms. The van der Waals surface area contributed by atoms with E-state index in [4.69, 9.17) is 0 Å². The van der Waals surface area contributed by atoms with Crippen LogP contribution in [0.3, 0.4) is 0 Å². The van der Waals surface area contributed by atoms with Gasteiger partial charge in [0, 0.05) is 9.58 Å². The smallest absolute Gasteiger partial charge is 0.151 e. The van der Waals surface area contributed by atoms with Crippen molar-refractivity contribution in [1.29, 1.82) is 0 Å². The zero-order chi connectivity index (χ0) is 10.5. The average molecular weight is 392 g/mol. The summed E-state index contributed by atoms with van der Waals surface area (Å²) < 4.78 is 3.94. The zero-order valence-electron chi connectivity index (χ0n) is 9.16. The number of rotatable bonds is 2. The third-order valence-electron chi connectivity index (χ3n) is 2.27. The van der Waals surface area contributed by atoms with E-state index in [1.165, 1.54) is 11.1 Å². The van der Waals surface area contributed by atoms with Gasteiger partial charge in [-0.05, 0) is 24.6 Å². The van der Waals surface area contributed by atoms with Gasteiger partial charge in [-0.15, -0.1) is 0 Å². The Bertz CT molecular complexity index is 409. The Morgan fingerprint density at radius 1 is 1.19 bits per heavy atom. The third-order valence-corrected chi connectivity index (χ3v) is 4.53. The maximum atomic E-state index is 2.35. The first-order valence-corrected chi connectivity index (χ1v) is 7.38. The molecule has 0 amide bonds. The second-order valence-corrected chi connectivity index (χ2v) is 6.32. The standard InChI is InChI=1S/C13H14IN.BrH/c1-12-7-9-14-15(10-8-12)11-13-5-3-2-4-6-13;/h2-10H,11H2,1H3;1H. The lowest BCUT2D eigenvalue weighted by Crippen LogP contribution is -3.00. The van der Waals surface area contributed by atoms with Gasteiger partial charge < -0.3 is 17.0 Å². The molecule has 0 spiro atoms. The molecule has 1 aromatic rings. The molecule has 2 rings (SSSR count). The van der Waals surface area contributed by atoms with Crippen molar-refractivity contribution in [2.24, 2.45) is 0 Å².